The molecule has 1 aliphatic rings. The molecular weight excluding hydrogens is 370 g/mol. The van der Waals surface area contributed by atoms with Crippen molar-refractivity contribution in [2.75, 3.05) is 7.05 Å². The lowest BCUT2D eigenvalue weighted by molar-refractivity contribution is -0.124. The summed E-state index contributed by atoms with van der Waals surface area (Å²) in [4.78, 5) is 16.3. The van der Waals surface area contributed by atoms with Crippen LogP contribution in [0.1, 0.15) is 16.8 Å². The molecule has 6 nitrogen and oxygen atoms in total. The predicted octanol–water partition coefficient (Wildman–Crippen LogP) is 1.97. The average molecular weight is 386 g/mol. The summed E-state index contributed by atoms with van der Waals surface area (Å²) in [7, 11) is -2.37. The van der Waals surface area contributed by atoms with Crippen molar-refractivity contribution in [1.29, 1.82) is 0 Å². The van der Waals surface area contributed by atoms with Crippen LogP contribution in [0.2, 0.25) is 4.47 Å². The smallest absolute Gasteiger partial charge is 0.255 e. The SMILES string of the molecule is CNC(=O)[C@@H]1Cc2ccccc2CN1S(=O)(=O)c1sc(Cl)nc1C. The highest BCUT2D eigenvalue weighted by molar-refractivity contribution is 7.91. The van der Waals surface area contributed by atoms with Gasteiger partial charge in [0, 0.05) is 13.6 Å². The van der Waals surface area contributed by atoms with E-state index in [1.165, 1.54) is 11.4 Å². The second kappa shape index (κ2) is 6.44. The molecule has 24 heavy (non-hydrogen) atoms. The molecule has 1 atom stereocenters. The number of nitrogens with zero attached hydrogens (tertiary/aromatic N) is 2. The average Bonchev–Trinajstić information content (AvgIpc) is 2.92. The Morgan fingerprint density at radius 3 is 2.62 bits per heavy atom. The van der Waals surface area contributed by atoms with Crippen LogP contribution < -0.4 is 5.32 Å². The number of hydrogen-bond acceptors (Lipinski definition) is 5. The van der Waals surface area contributed by atoms with Crippen molar-refractivity contribution in [3.8, 4) is 0 Å². The van der Waals surface area contributed by atoms with Crippen molar-refractivity contribution < 1.29 is 13.2 Å². The third-order valence-electron chi connectivity index (χ3n) is 4.03. The quantitative estimate of drug-likeness (QED) is 0.875. The number of benzene rings is 1. The van der Waals surface area contributed by atoms with E-state index in [1.54, 1.807) is 6.92 Å². The number of halogens is 1. The largest absolute Gasteiger partial charge is 0.358 e. The zero-order valence-electron chi connectivity index (χ0n) is 13.1. The van der Waals surface area contributed by atoms with E-state index in [1.807, 2.05) is 24.3 Å². The van der Waals surface area contributed by atoms with Gasteiger partial charge < -0.3 is 5.32 Å². The van der Waals surface area contributed by atoms with Crippen LogP contribution in [0.5, 0.6) is 0 Å². The number of rotatable bonds is 3. The monoisotopic (exact) mass is 385 g/mol. The molecule has 0 bridgehead atoms. The molecule has 1 amide bonds. The lowest BCUT2D eigenvalue weighted by atomic mass is 9.95. The Labute approximate surface area is 149 Å². The van der Waals surface area contributed by atoms with E-state index in [2.05, 4.69) is 10.3 Å². The maximum Gasteiger partial charge on any atom is 0.255 e. The van der Waals surface area contributed by atoms with Crippen molar-refractivity contribution in [2.24, 2.45) is 0 Å². The molecule has 1 N–H and O–H groups in total. The zero-order valence-corrected chi connectivity index (χ0v) is 15.5. The fraction of sp³-hybridized carbons (Fsp3) is 0.333. The number of fused-ring (bicyclic) bond motifs is 1. The first-order valence-electron chi connectivity index (χ1n) is 7.27. The molecule has 0 spiro atoms. The lowest BCUT2D eigenvalue weighted by Crippen LogP contribution is -2.51. The van der Waals surface area contributed by atoms with Crippen LogP contribution in [0, 0.1) is 6.92 Å². The van der Waals surface area contributed by atoms with E-state index < -0.39 is 16.1 Å². The molecule has 128 valence electrons. The molecule has 2 aromatic rings. The third kappa shape index (κ3) is 2.95. The van der Waals surface area contributed by atoms with E-state index in [0.29, 0.717) is 12.1 Å². The molecule has 3 rings (SSSR count). The third-order valence-corrected chi connectivity index (χ3v) is 7.73. The van der Waals surface area contributed by atoms with Crippen molar-refractivity contribution in [3.63, 3.8) is 0 Å². The summed E-state index contributed by atoms with van der Waals surface area (Å²) in [5.41, 5.74) is 2.23. The van der Waals surface area contributed by atoms with Gasteiger partial charge in [-0.2, -0.15) is 4.31 Å². The van der Waals surface area contributed by atoms with Crippen molar-refractivity contribution in [2.45, 2.75) is 30.1 Å². The highest BCUT2D eigenvalue weighted by Gasteiger charge is 2.40. The Morgan fingerprint density at radius 1 is 1.38 bits per heavy atom. The van der Waals surface area contributed by atoms with Crippen molar-refractivity contribution in [3.05, 3.63) is 45.6 Å². The fourth-order valence-electron chi connectivity index (χ4n) is 2.84. The highest BCUT2D eigenvalue weighted by Crippen LogP contribution is 2.34. The van der Waals surface area contributed by atoms with Crippen molar-refractivity contribution >= 4 is 38.9 Å². The molecule has 1 aliphatic heterocycles. The molecule has 0 aliphatic carbocycles. The summed E-state index contributed by atoms with van der Waals surface area (Å²) in [6, 6.07) is 6.75. The van der Waals surface area contributed by atoms with Crippen LogP contribution >= 0.6 is 22.9 Å². The number of carbonyl (C=O) groups excluding carboxylic acids is 1. The van der Waals surface area contributed by atoms with Crippen molar-refractivity contribution in [1.82, 2.24) is 14.6 Å². The summed E-state index contributed by atoms with van der Waals surface area (Å²) in [6.45, 7) is 1.74. The van der Waals surface area contributed by atoms with E-state index in [0.717, 1.165) is 22.5 Å². The first kappa shape index (κ1) is 17.3. The first-order valence-corrected chi connectivity index (χ1v) is 9.91. The Bertz CT molecular complexity index is 895. The van der Waals surface area contributed by atoms with Gasteiger partial charge >= 0.3 is 0 Å². The van der Waals surface area contributed by atoms with Crippen LogP contribution in [-0.4, -0.2) is 36.7 Å². The normalized spacial score (nSPS) is 18.2. The topological polar surface area (TPSA) is 79.4 Å². The number of nitrogens with one attached hydrogen (secondary N) is 1. The molecule has 0 fully saturated rings. The molecule has 1 aromatic heterocycles. The van der Waals surface area contributed by atoms with Gasteiger partial charge in [-0.1, -0.05) is 47.2 Å². The summed E-state index contributed by atoms with van der Waals surface area (Å²) in [5, 5.41) is 2.56. The van der Waals surface area contributed by atoms with Gasteiger partial charge in [-0.25, -0.2) is 13.4 Å². The molecule has 0 radical (unpaired) electrons. The maximum atomic E-state index is 13.1. The molecule has 2 heterocycles. The van der Waals surface area contributed by atoms with Gasteiger partial charge in [-0.3, -0.25) is 4.79 Å². The Kier molecular flexibility index (Phi) is 4.65. The number of amides is 1. The van der Waals surface area contributed by atoms with Crippen LogP contribution in [0.15, 0.2) is 28.5 Å². The molecule has 0 saturated heterocycles. The molecule has 0 saturated carbocycles. The molecule has 9 heteroatoms. The van der Waals surface area contributed by atoms with E-state index in [-0.39, 0.29) is 21.1 Å². The van der Waals surface area contributed by atoms with Gasteiger partial charge in [0.15, 0.2) is 8.68 Å². The first-order chi connectivity index (χ1) is 11.3. The van der Waals surface area contributed by atoms with Crippen LogP contribution in [0.4, 0.5) is 0 Å². The van der Waals surface area contributed by atoms with Gasteiger partial charge in [0.25, 0.3) is 10.0 Å². The number of carbonyl (C=O) groups is 1. The highest BCUT2D eigenvalue weighted by atomic mass is 35.5. The van der Waals surface area contributed by atoms with Gasteiger partial charge in [0.05, 0.1) is 5.69 Å². The minimum absolute atomic E-state index is 0.0841. The minimum atomic E-state index is -3.87. The number of aromatic nitrogens is 1. The standard InChI is InChI=1S/C15H16ClN3O3S2/c1-9-14(23-15(16)18-9)24(21,22)19-8-11-6-4-3-5-10(11)7-12(19)13(20)17-2/h3-6,12H,7-8H2,1-2H3,(H,17,20)/t12-/m0/s1. The molecule has 0 unspecified atom stereocenters. The van der Waals surface area contributed by atoms with Gasteiger partial charge in [0.1, 0.15) is 6.04 Å². The number of hydrogen-bond donors (Lipinski definition) is 1. The van der Waals surface area contributed by atoms with E-state index >= 15 is 0 Å². The summed E-state index contributed by atoms with van der Waals surface area (Å²) < 4.78 is 27.7. The number of thiazole rings is 1. The Balaban J connectivity index is 2.09. The zero-order chi connectivity index (χ0) is 17.5. The van der Waals surface area contributed by atoms with E-state index in [9.17, 15) is 13.2 Å². The van der Waals surface area contributed by atoms with Crippen LogP contribution in [-0.2, 0) is 27.8 Å². The second-order valence-electron chi connectivity index (χ2n) is 5.49. The lowest BCUT2D eigenvalue weighted by Gasteiger charge is -2.34. The fourth-order valence-corrected chi connectivity index (χ4v) is 6.25. The predicted molar refractivity (Wildman–Crippen MR) is 92.6 cm³/mol. The van der Waals surface area contributed by atoms with Gasteiger partial charge in [-0.05, 0) is 24.5 Å². The summed E-state index contributed by atoms with van der Waals surface area (Å²) in [6.07, 6.45) is 0.334. The van der Waals surface area contributed by atoms with Gasteiger partial charge in [-0.15, -0.1) is 0 Å². The maximum absolute atomic E-state index is 13.1. The molecular formula is C15H16ClN3O3S2. The number of aryl methyl sites for hydroxylation is 1. The molecule has 1 aromatic carbocycles. The van der Waals surface area contributed by atoms with Crippen LogP contribution in [0.25, 0.3) is 0 Å². The summed E-state index contributed by atoms with van der Waals surface area (Å²) >= 11 is 6.77. The second-order valence-corrected chi connectivity index (χ2v) is 9.16. The van der Waals surface area contributed by atoms with E-state index in [4.69, 9.17) is 11.6 Å². The Hall–Kier alpha value is -1.48. The van der Waals surface area contributed by atoms with Crippen LogP contribution in [0.3, 0.4) is 0 Å². The number of sulfonamides is 1. The number of likely N-dealkylation sites (N-methyl/N-ethyl adjacent to an activating group) is 1. The summed E-state index contributed by atoms with van der Waals surface area (Å²) in [5.74, 6) is -0.332. The minimum Gasteiger partial charge on any atom is -0.358 e. The Morgan fingerprint density at radius 2 is 2.04 bits per heavy atom. The van der Waals surface area contributed by atoms with Gasteiger partial charge in [0.2, 0.25) is 5.91 Å².